The number of nitrogens with two attached hydrogens (primary N) is 1. The molecule has 11 nitrogen and oxygen atoms in total. The van der Waals surface area contributed by atoms with Gasteiger partial charge in [-0.05, 0) is 51.5 Å². The Morgan fingerprint density at radius 2 is 2.09 bits per heavy atom. The molecule has 0 unspecified atom stereocenters. The smallest absolute Gasteiger partial charge is 0.433 e. The van der Waals surface area contributed by atoms with Crippen LogP contribution in [0.3, 0.4) is 0 Å². The van der Waals surface area contributed by atoms with E-state index in [0.29, 0.717) is 11.3 Å². The van der Waals surface area contributed by atoms with E-state index in [9.17, 15) is 32.9 Å². The zero-order valence-electron chi connectivity index (χ0n) is 17.3. The number of rotatable bonds is 6. The first kappa shape index (κ1) is 24.3. The minimum Gasteiger partial charge on any atom is -0.454 e. The number of alkyl halides is 3. The number of halogens is 4. The fourth-order valence-corrected chi connectivity index (χ4v) is 4.75. The Bertz CT molecular complexity index is 1510. The molecule has 4 aromatic heterocycles. The molecule has 0 aliphatic carbocycles. The van der Waals surface area contributed by atoms with Gasteiger partial charge >= 0.3 is 12.0 Å². The second-order valence-corrected chi connectivity index (χ2v) is 9.00. The number of aryl methyl sites for hydroxylation is 1. The molecule has 0 fully saturated rings. The Morgan fingerprint density at radius 3 is 2.69 bits per heavy atom. The van der Waals surface area contributed by atoms with Gasteiger partial charge in [-0.2, -0.15) is 17.9 Å². The molecule has 0 aliphatic rings. The van der Waals surface area contributed by atoms with Crippen molar-refractivity contribution in [2.24, 2.45) is 5.73 Å². The number of nitrogens with zero attached hydrogens (tertiary/aromatic N) is 4. The molecule has 2 amide bonds. The van der Waals surface area contributed by atoms with E-state index in [2.05, 4.69) is 31.3 Å². The minimum atomic E-state index is -4.70. The number of aromatic nitrogens is 3. The number of hydrogen-bond acceptors (Lipinski definition) is 8. The molecule has 4 aromatic rings. The van der Waals surface area contributed by atoms with Crippen LogP contribution in [0.5, 0.6) is 0 Å². The topological polar surface area (TPSA) is 159 Å². The van der Waals surface area contributed by atoms with E-state index in [1.807, 2.05) is 0 Å². The van der Waals surface area contributed by atoms with Crippen molar-refractivity contribution in [2.45, 2.75) is 19.6 Å². The van der Waals surface area contributed by atoms with Crippen molar-refractivity contribution in [2.75, 3.05) is 5.32 Å². The Kier molecular flexibility index (Phi) is 6.10. The first-order valence-corrected chi connectivity index (χ1v) is 11.0. The summed E-state index contributed by atoms with van der Waals surface area (Å²) in [6, 6.07) is 3.57. The summed E-state index contributed by atoms with van der Waals surface area (Å²) >= 11 is 3.65. The normalized spacial score (nSPS) is 11.7. The monoisotopic (exact) mass is 572 g/mol. The quantitative estimate of drug-likeness (QED) is 0.254. The van der Waals surface area contributed by atoms with E-state index in [1.54, 1.807) is 0 Å². The van der Waals surface area contributed by atoms with Crippen LogP contribution in [0.15, 0.2) is 33.3 Å². The van der Waals surface area contributed by atoms with Crippen molar-refractivity contribution in [3.63, 3.8) is 0 Å². The van der Waals surface area contributed by atoms with Crippen molar-refractivity contribution in [3.8, 4) is 0 Å². The lowest BCUT2D eigenvalue weighted by molar-refractivity contribution is -0.390. The van der Waals surface area contributed by atoms with Gasteiger partial charge in [0.1, 0.15) is 32.2 Å². The van der Waals surface area contributed by atoms with Gasteiger partial charge in [-0.25, -0.2) is 4.98 Å². The van der Waals surface area contributed by atoms with Crippen molar-refractivity contribution in [1.82, 2.24) is 14.8 Å². The maximum Gasteiger partial charge on any atom is 0.433 e. The lowest BCUT2D eigenvalue weighted by atomic mass is 10.1. The van der Waals surface area contributed by atoms with Gasteiger partial charge in [0.15, 0.2) is 5.76 Å². The average molecular weight is 573 g/mol. The number of nitrogens with one attached hydrogen (secondary N) is 1. The van der Waals surface area contributed by atoms with Gasteiger partial charge in [-0.1, -0.05) is 0 Å². The van der Waals surface area contributed by atoms with Crippen molar-refractivity contribution in [1.29, 1.82) is 0 Å². The number of anilines is 1. The van der Waals surface area contributed by atoms with Crippen LogP contribution in [-0.2, 0) is 12.7 Å². The number of hydrogen-bond donors (Lipinski definition) is 2. The molecule has 3 N–H and O–H groups in total. The SMILES string of the molecule is Cc1cc(C(F)(F)F)nc2sc(C(N)=O)c(NC(=O)c3ccc(Cn4cc(Br)c([N+](=O)[O-])n4)o3)c12. The molecule has 4 heterocycles. The number of carbonyl (C=O) groups excluding carboxylic acids is 2. The van der Waals surface area contributed by atoms with Gasteiger partial charge in [-0.15, -0.1) is 11.3 Å². The van der Waals surface area contributed by atoms with Gasteiger partial charge in [-0.3, -0.25) is 9.59 Å². The first-order chi connectivity index (χ1) is 16.3. The second kappa shape index (κ2) is 8.77. The van der Waals surface area contributed by atoms with Crippen LogP contribution in [0.2, 0.25) is 0 Å². The fourth-order valence-electron chi connectivity index (χ4n) is 3.23. The average Bonchev–Trinajstić information content (AvgIpc) is 3.45. The van der Waals surface area contributed by atoms with Gasteiger partial charge in [0.05, 0.1) is 17.0 Å². The molecule has 0 saturated carbocycles. The highest BCUT2D eigenvalue weighted by atomic mass is 79.9. The number of pyridine rings is 1. The highest BCUT2D eigenvalue weighted by molar-refractivity contribution is 9.10. The van der Waals surface area contributed by atoms with Crippen LogP contribution >= 0.6 is 27.3 Å². The van der Waals surface area contributed by atoms with Crippen LogP contribution in [0.4, 0.5) is 24.7 Å². The molecule has 0 aromatic carbocycles. The molecule has 0 atom stereocenters. The molecule has 35 heavy (non-hydrogen) atoms. The van der Waals surface area contributed by atoms with E-state index in [0.717, 1.165) is 6.07 Å². The number of primary amides is 1. The Labute approximate surface area is 205 Å². The van der Waals surface area contributed by atoms with Gasteiger partial charge < -0.3 is 25.6 Å². The zero-order chi connectivity index (χ0) is 25.7. The molecule has 0 spiro atoms. The summed E-state index contributed by atoms with van der Waals surface area (Å²) in [7, 11) is 0. The molecule has 4 rings (SSSR count). The van der Waals surface area contributed by atoms with Crippen molar-refractivity contribution >= 4 is 60.8 Å². The number of carbonyl (C=O) groups is 2. The molecule has 0 saturated heterocycles. The number of nitro groups is 1. The van der Waals surface area contributed by atoms with Gasteiger partial charge in [0.2, 0.25) is 0 Å². The Balaban J connectivity index is 1.63. The summed E-state index contributed by atoms with van der Waals surface area (Å²) in [6.45, 7) is 1.36. The highest BCUT2D eigenvalue weighted by Gasteiger charge is 2.34. The molecule has 182 valence electrons. The summed E-state index contributed by atoms with van der Waals surface area (Å²) in [4.78, 5) is 38.3. The van der Waals surface area contributed by atoms with Crippen LogP contribution in [0.25, 0.3) is 10.2 Å². The highest BCUT2D eigenvalue weighted by Crippen LogP contribution is 2.40. The molecule has 0 radical (unpaired) electrons. The summed E-state index contributed by atoms with van der Waals surface area (Å²) < 4.78 is 46.3. The number of fused-ring (bicyclic) bond motifs is 1. The largest absolute Gasteiger partial charge is 0.454 e. The summed E-state index contributed by atoms with van der Waals surface area (Å²) in [5.41, 5.74) is 4.29. The molecular formula is C19H12BrF3N6O5S. The predicted octanol–water partition coefficient (Wildman–Crippen LogP) is 4.48. The van der Waals surface area contributed by atoms with Crippen LogP contribution < -0.4 is 11.1 Å². The summed E-state index contributed by atoms with van der Waals surface area (Å²) in [5, 5.41) is 17.3. The molecule has 16 heteroatoms. The maximum atomic E-state index is 13.1. The van der Waals surface area contributed by atoms with Crippen LogP contribution in [0.1, 0.15) is 37.2 Å². The van der Waals surface area contributed by atoms with Crippen molar-refractivity contribution < 1.29 is 32.1 Å². The third-order valence-electron chi connectivity index (χ3n) is 4.69. The summed E-state index contributed by atoms with van der Waals surface area (Å²) in [6.07, 6.45) is -3.34. The Morgan fingerprint density at radius 1 is 1.37 bits per heavy atom. The summed E-state index contributed by atoms with van der Waals surface area (Å²) in [5.74, 6) is -2.10. The lowest BCUT2D eigenvalue weighted by Gasteiger charge is -2.09. The third-order valence-corrected chi connectivity index (χ3v) is 6.34. The Hall–Kier alpha value is -3.79. The molecular weight excluding hydrogens is 561 g/mol. The zero-order valence-corrected chi connectivity index (χ0v) is 19.7. The predicted molar refractivity (Wildman–Crippen MR) is 120 cm³/mol. The van der Waals surface area contributed by atoms with Crippen LogP contribution in [-0.4, -0.2) is 31.5 Å². The van der Waals surface area contributed by atoms with E-state index in [1.165, 1.54) is 29.9 Å². The van der Waals surface area contributed by atoms with E-state index in [-0.39, 0.29) is 48.9 Å². The number of thiophene rings is 1. The number of amides is 2. The second-order valence-electron chi connectivity index (χ2n) is 7.15. The van der Waals surface area contributed by atoms with Crippen molar-refractivity contribution in [3.05, 3.63) is 66.6 Å². The fraction of sp³-hybridized carbons (Fsp3) is 0.158. The first-order valence-electron chi connectivity index (χ1n) is 9.43. The van der Waals surface area contributed by atoms with Gasteiger partial charge in [0.25, 0.3) is 11.8 Å². The van der Waals surface area contributed by atoms with Crippen LogP contribution in [0, 0.1) is 17.0 Å². The number of furan rings is 1. The third kappa shape index (κ3) is 4.74. The molecule has 0 aliphatic heterocycles. The van der Waals surface area contributed by atoms with E-state index < -0.39 is 34.4 Å². The lowest BCUT2D eigenvalue weighted by Crippen LogP contribution is -2.16. The standard InChI is InChI=1S/C19H12BrF3N6O5S/c1-7-4-11(19(21,22)23)25-18-12(7)13(14(35-18)15(24)30)26-17(31)10-3-2-8(34-10)5-28-6-9(20)16(27-28)29(32)33/h2-4,6H,5H2,1H3,(H2,24,30)(H,26,31). The molecule has 0 bridgehead atoms. The maximum absolute atomic E-state index is 13.1. The van der Waals surface area contributed by atoms with Gasteiger partial charge in [0, 0.05) is 5.39 Å². The van der Waals surface area contributed by atoms with E-state index >= 15 is 0 Å². The van der Waals surface area contributed by atoms with E-state index in [4.69, 9.17) is 10.2 Å². The minimum absolute atomic E-state index is 0.0309.